The summed E-state index contributed by atoms with van der Waals surface area (Å²) >= 11 is 5.35. The molecule has 0 unspecified atom stereocenters. The number of hydrogen-bond donors (Lipinski definition) is 2. The number of nitrogens with one attached hydrogen (secondary N) is 2. The van der Waals surface area contributed by atoms with Crippen LogP contribution < -0.4 is 10.7 Å². The first-order valence-corrected chi connectivity index (χ1v) is 9.49. The molecular formula is C21H25N3OS. The van der Waals surface area contributed by atoms with E-state index in [2.05, 4.69) is 64.4 Å². The molecule has 26 heavy (non-hydrogen) atoms. The maximum atomic E-state index is 5.60. The molecule has 2 N–H and O–H groups in total. The molecule has 0 aliphatic carbocycles. The van der Waals surface area contributed by atoms with Gasteiger partial charge >= 0.3 is 0 Å². The summed E-state index contributed by atoms with van der Waals surface area (Å²) in [6.07, 6.45) is 4.05. The zero-order chi connectivity index (χ0) is 18.0. The number of hydrazone groups is 1. The molecule has 136 valence electrons. The average Bonchev–Trinajstić information content (AvgIpc) is 3.20. The Balaban J connectivity index is 1.59. The minimum absolute atomic E-state index is 0.256. The molecule has 2 aromatic carbocycles. The van der Waals surface area contributed by atoms with E-state index in [-0.39, 0.29) is 6.10 Å². The van der Waals surface area contributed by atoms with E-state index in [9.17, 15) is 0 Å². The quantitative estimate of drug-likeness (QED) is 0.447. The van der Waals surface area contributed by atoms with E-state index >= 15 is 0 Å². The lowest BCUT2D eigenvalue weighted by Gasteiger charge is -2.13. The lowest BCUT2D eigenvalue weighted by Crippen LogP contribution is -2.37. The van der Waals surface area contributed by atoms with Crippen molar-refractivity contribution in [3.05, 3.63) is 71.8 Å². The Morgan fingerprint density at radius 1 is 1.00 bits per heavy atom. The highest BCUT2D eigenvalue weighted by Gasteiger charge is 2.15. The normalized spacial score (nSPS) is 16.1. The second kappa shape index (κ2) is 10.0. The Hall–Kier alpha value is -2.24. The Bertz CT molecular complexity index is 669. The van der Waals surface area contributed by atoms with Gasteiger partial charge in [0.2, 0.25) is 0 Å². The number of ether oxygens (including phenoxy) is 1. The topological polar surface area (TPSA) is 45.6 Å². The van der Waals surface area contributed by atoms with Crippen molar-refractivity contribution < 1.29 is 4.74 Å². The molecule has 1 atom stereocenters. The highest BCUT2D eigenvalue weighted by Crippen LogP contribution is 2.10. The van der Waals surface area contributed by atoms with Gasteiger partial charge in [0.05, 0.1) is 6.10 Å². The number of benzene rings is 2. The molecule has 2 aromatic rings. The molecule has 1 fully saturated rings. The zero-order valence-electron chi connectivity index (χ0n) is 14.9. The highest BCUT2D eigenvalue weighted by molar-refractivity contribution is 7.80. The van der Waals surface area contributed by atoms with Gasteiger partial charge in [-0.3, -0.25) is 5.43 Å². The fraction of sp³-hybridized carbons (Fsp3) is 0.333. The molecule has 1 heterocycles. The van der Waals surface area contributed by atoms with Crippen molar-refractivity contribution >= 4 is 23.0 Å². The Labute approximate surface area is 160 Å². The highest BCUT2D eigenvalue weighted by atomic mass is 32.1. The van der Waals surface area contributed by atoms with Crippen LogP contribution in [0.5, 0.6) is 0 Å². The second-order valence-electron chi connectivity index (χ2n) is 6.46. The predicted molar refractivity (Wildman–Crippen MR) is 110 cm³/mol. The predicted octanol–water partition coefficient (Wildman–Crippen LogP) is 3.47. The van der Waals surface area contributed by atoms with Crippen molar-refractivity contribution in [2.75, 3.05) is 13.2 Å². The standard InChI is InChI=1S/C21H25N3OS/c26-21(22-16-20-12-7-13-25-20)24-23-19(14-17-8-3-1-4-9-17)15-18-10-5-2-6-11-18/h1-6,8-11,20H,7,12-16H2,(H2,22,24,26)/t20-/m1/s1. The Kier molecular flexibility index (Phi) is 7.16. The first-order valence-electron chi connectivity index (χ1n) is 9.08. The van der Waals surface area contributed by atoms with Crippen LogP contribution in [0.2, 0.25) is 0 Å². The van der Waals surface area contributed by atoms with Gasteiger partial charge in [0, 0.05) is 31.7 Å². The summed E-state index contributed by atoms with van der Waals surface area (Å²) in [7, 11) is 0. The SMILES string of the molecule is S=C(NC[C@H]1CCCO1)NN=C(Cc1ccccc1)Cc1ccccc1. The lowest BCUT2D eigenvalue weighted by atomic mass is 10.0. The minimum Gasteiger partial charge on any atom is -0.376 e. The van der Waals surface area contributed by atoms with Gasteiger partial charge in [0.25, 0.3) is 0 Å². The number of nitrogens with zero attached hydrogens (tertiary/aromatic N) is 1. The first kappa shape index (κ1) is 18.5. The average molecular weight is 368 g/mol. The molecule has 0 amide bonds. The maximum absolute atomic E-state index is 5.60. The van der Waals surface area contributed by atoms with Gasteiger partial charge in [-0.1, -0.05) is 60.7 Å². The minimum atomic E-state index is 0.256. The van der Waals surface area contributed by atoms with E-state index < -0.39 is 0 Å². The molecular weight excluding hydrogens is 342 g/mol. The maximum Gasteiger partial charge on any atom is 0.187 e. The molecule has 3 rings (SSSR count). The van der Waals surface area contributed by atoms with E-state index in [1.54, 1.807) is 0 Å². The Morgan fingerprint density at radius 3 is 2.15 bits per heavy atom. The third-order valence-electron chi connectivity index (χ3n) is 4.33. The van der Waals surface area contributed by atoms with Crippen LogP contribution in [-0.4, -0.2) is 30.1 Å². The molecule has 1 aliphatic rings. The van der Waals surface area contributed by atoms with Gasteiger partial charge in [-0.2, -0.15) is 5.10 Å². The smallest absolute Gasteiger partial charge is 0.187 e. The summed E-state index contributed by atoms with van der Waals surface area (Å²) in [5.74, 6) is 0. The zero-order valence-corrected chi connectivity index (χ0v) is 15.7. The number of thiocarbonyl (C=S) groups is 1. The largest absolute Gasteiger partial charge is 0.376 e. The molecule has 0 saturated carbocycles. The summed E-state index contributed by atoms with van der Waals surface area (Å²) in [6.45, 7) is 1.58. The van der Waals surface area contributed by atoms with Crippen LogP contribution in [0.1, 0.15) is 24.0 Å². The summed E-state index contributed by atoms with van der Waals surface area (Å²) in [5, 5.41) is 8.32. The molecule has 1 aliphatic heterocycles. The molecule has 0 radical (unpaired) electrons. The molecule has 1 saturated heterocycles. The lowest BCUT2D eigenvalue weighted by molar-refractivity contribution is 0.114. The summed E-state index contributed by atoms with van der Waals surface area (Å²) in [6, 6.07) is 20.7. The van der Waals surface area contributed by atoms with Gasteiger partial charge in [0.15, 0.2) is 5.11 Å². The van der Waals surface area contributed by atoms with Crippen molar-refractivity contribution in [2.45, 2.75) is 31.8 Å². The van der Waals surface area contributed by atoms with Crippen LogP contribution >= 0.6 is 12.2 Å². The van der Waals surface area contributed by atoms with Crippen LogP contribution in [0.15, 0.2) is 65.8 Å². The van der Waals surface area contributed by atoms with E-state index in [4.69, 9.17) is 17.0 Å². The summed E-state index contributed by atoms with van der Waals surface area (Å²) in [5.41, 5.74) is 6.52. The first-order chi connectivity index (χ1) is 12.8. The van der Waals surface area contributed by atoms with Gasteiger partial charge in [-0.15, -0.1) is 0 Å². The molecule has 0 aromatic heterocycles. The van der Waals surface area contributed by atoms with Crippen molar-refractivity contribution in [3.8, 4) is 0 Å². The van der Waals surface area contributed by atoms with Crippen LogP contribution in [0.4, 0.5) is 0 Å². The summed E-state index contributed by atoms with van der Waals surface area (Å²) < 4.78 is 5.60. The van der Waals surface area contributed by atoms with E-state index in [1.807, 2.05) is 12.1 Å². The van der Waals surface area contributed by atoms with Gasteiger partial charge in [-0.05, 0) is 36.2 Å². The van der Waals surface area contributed by atoms with E-state index in [0.717, 1.165) is 44.5 Å². The monoisotopic (exact) mass is 367 g/mol. The van der Waals surface area contributed by atoms with Crippen molar-refractivity contribution in [1.29, 1.82) is 0 Å². The fourth-order valence-electron chi connectivity index (χ4n) is 2.99. The third kappa shape index (κ3) is 6.24. The van der Waals surface area contributed by atoms with Crippen molar-refractivity contribution in [2.24, 2.45) is 5.10 Å². The van der Waals surface area contributed by atoms with Crippen molar-refractivity contribution in [3.63, 3.8) is 0 Å². The van der Waals surface area contributed by atoms with E-state index in [1.165, 1.54) is 11.1 Å². The van der Waals surface area contributed by atoms with Crippen molar-refractivity contribution in [1.82, 2.24) is 10.7 Å². The second-order valence-corrected chi connectivity index (χ2v) is 6.87. The van der Waals surface area contributed by atoms with Crippen LogP contribution in [0.3, 0.4) is 0 Å². The molecule has 0 bridgehead atoms. The Morgan fingerprint density at radius 2 is 1.62 bits per heavy atom. The number of rotatable bonds is 7. The van der Waals surface area contributed by atoms with E-state index in [0.29, 0.717) is 5.11 Å². The summed E-state index contributed by atoms with van der Waals surface area (Å²) in [4.78, 5) is 0. The van der Waals surface area contributed by atoms with Gasteiger partial charge in [-0.25, -0.2) is 0 Å². The fourth-order valence-corrected chi connectivity index (χ4v) is 3.11. The van der Waals surface area contributed by atoms with Crippen LogP contribution in [0.25, 0.3) is 0 Å². The van der Waals surface area contributed by atoms with Gasteiger partial charge in [0.1, 0.15) is 0 Å². The molecule has 5 heteroatoms. The molecule has 0 spiro atoms. The van der Waals surface area contributed by atoms with Crippen LogP contribution in [-0.2, 0) is 17.6 Å². The van der Waals surface area contributed by atoms with Crippen LogP contribution in [0, 0.1) is 0 Å². The number of hydrogen-bond acceptors (Lipinski definition) is 3. The third-order valence-corrected chi connectivity index (χ3v) is 4.57. The molecule has 4 nitrogen and oxygen atoms in total. The van der Waals surface area contributed by atoms with Gasteiger partial charge < -0.3 is 10.1 Å².